The number of rotatable bonds is 7. The van der Waals surface area contributed by atoms with Gasteiger partial charge in [-0.2, -0.15) is 0 Å². The first-order valence-corrected chi connectivity index (χ1v) is 5.24. The lowest BCUT2D eigenvalue weighted by Crippen LogP contribution is -2.07. The number of carbonyl (C=O) groups is 1. The molecule has 4 heteroatoms. The molecule has 0 fully saturated rings. The van der Waals surface area contributed by atoms with Crippen molar-refractivity contribution in [2.24, 2.45) is 0 Å². The zero-order valence-electron chi connectivity index (χ0n) is 9.00. The molecule has 0 unspecified atom stereocenters. The number of aliphatic hydroxyl groups excluding tert-OH is 1. The summed E-state index contributed by atoms with van der Waals surface area (Å²) in [6, 6.07) is 7.31. The maximum atomic E-state index is 10.3. The average molecular weight is 224 g/mol. The fourth-order valence-corrected chi connectivity index (χ4v) is 1.31. The van der Waals surface area contributed by atoms with Crippen LogP contribution in [0.5, 0.6) is 5.75 Å². The number of benzene rings is 1. The third-order valence-corrected chi connectivity index (χ3v) is 2.09. The molecule has 0 saturated carbocycles. The van der Waals surface area contributed by atoms with Gasteiger partial charge in [-0.1, -0.05) is 12.1 Å². The van der Waals surface area contributed by atoms with Crippen molar-refractivity contribution in [1.29, 1.82) is 0 Å². The number of aliphatic hydroxyl groups is 2. The van der Waals surface area contributed by atoms with Crippen LogP contribution in [-0.4, -0.2) is 29.4 Å². The number of carbonyl (C=O) groups excluding carboxylic acids is 1. The fourth-order valence-electron chi connectivity index (χ4n) is 1.31. The Morgan fingerprint density at radius 1 is 1.38 bits per heavy atom. The van der Waals surface area contributed by atoms with Crippen LogP contribution in [0.2, 0.25) is 0 Å². The van der Waals surface area contributed by atoms with E-state index in [0.717, 1.165) is 11.8 Å². The summed E-state index contributed by atoms with van der Waals surface area (Å²) in [5, 5.41) is 17.2. The Morgan fingerprint density at radius 3 is 2.88 bits per heavy atom. The summed E-state index contributed by atoms with van der Waals surface area (Å²) in [6.45, 7) is 0.433. The van der Waals surface area contributed by atoms with Crippen LogP contribution in [0, 0.1) is 0 Å². The van der Waals surface area contributed by atoms with Crippen molar-refractivity contribution >= 4 is 6.29 Å². The Labute approximate surface area is 94.5 Å². The zero-order valence-corrected chi connectivity index (χ0v) is 9.00. The van der Waals surface area contributed by atoms with Crippen molar-refractivity contribution in [1.82, 2.24) is 0 Å². The molecule has 0 heterocycles. The molecule has 16 heavy (non-hydrogen) atoms. The predicted octanol–water partition coefficient (Wildman–Crippen LogP) is 0.898. The summed E-state index contributed by atoms with van der Waals surface area (Å²) >= 11 is 0. The first kappa shape index (κ1) is 12.7. The van der Waals surface area contributed by atoms with Crippen LogP contribution in [0.1, 0.15) is 18.4 Å². The molecule has 0 aliphatic carbocycles. The lowest BCUT2D eigenvalue weighted by Gasteiger charge is -2.07. The Morgan fingerprint density at radius 2 is 2.19 bits per heavy atom. The minimum atomic E-state index is -1.27. The minimum Gasteiger partial charge on any atom is -0.494 e. The second-order valence-corrected chi connectivity index (χ2v) is 3.49. The van der Waals surface area contributed by atoms with E-state index in [2.05, 4.69) is 0 Å². The van der Waals surface area contributed by atoms with E-state index in [1.807, 2.05) is 24.3 Å². The third kappa shape index (κ3) is 4.91. The van der Waals surface area contributed by atoms with Gasteiger partial charge in [-0.15, -0.1) is 0 Å². The van der Waals surface area contributed by atoms with Gasteiger partial charge in [0.1, 0.15) is 12.0 Å². The molecule has 0 saturated heterocycles. The average Bonchev–Trinajstić information content (AvgIpc) is 2.25. The van der Waals surface area contributed by atoms with Gasteiger partial charge in [0.05, 0.1) is 6.61 Å². The molecule has 0 aromatic heterocycles. The first-order chi connectivity index (χ1) is 7.72. The lowest BCUT2D eigenvalue weighted by atomic mass is 10.1. The molecule has 0 spiro atoms. The Balaban J connectivity index is 2.35. The van der Waals surface area contributed by atoms with Crippen LogP contribution in [-0.2, 0) is 11.2 Å². The second kappa shape index (κ2) is 6.98. The van der Waals surface area contributed by atoms with Gasteiger partial charge in [0.15, 0.2) is 6.29 Å². The summed E-state index contributed by atoms with van der Waals surface area (Å²) in [5.41, 5.74) is 0.912. The van der Waals surface area contributed by atoms with E-state index >= 15 is 0 Å². The highest BCUT2D eigenvalue weighted by Crippen LogP contribution is 2.13. The molecule has 0 amide bonds. The topological polar surface area (TPSA) is 66.8 Å². The van der Waals surface area contributed by atoms with E-state index in [0.29, 0.717) is 31.6 Å². The molecule has 0 radical (unpaired) electrons. The van der Waals surface area contributed by atoms with E-state index in [1.165, 1.54) is 0 Å². The number of ether oxygens (including phenoxy) is 1. The number of hydrogen-bond acceptors (Lipinski definition) is 4. The van der Waals surface area contributed by atoms with Gasteiger partial charge in [-0.3, -0.25) is 0 Å². The molecule has 88 valence electrons. The Bertz CT molecular complexity index is 323. The van der Waals surface area contributed by atoms with E-state index in [1.54, 1.807) is 0 Å². The summed E-state index contributed by atoms with van der Waals surface area (Å²) in [7, 11) is 0. The van der Waals surface area contributed by atoms with Crippen LogP contribution in [0.3, 0.4) is 0 Å². The van der Waals surface area contributed by atoms with Crippen LogP contribution in [0.15, 0.2) is 24.3 Å². The number of aldehydes is 1. The first-order valence-electron chi connectivity index (χ1n) is 5.24. The molecule has 0 bridgehead atoms. The SMILES string of the molecule is O=CCc1cccc(OCCCC(O)O)c1. The van der Waals surface area contributed by atoms with E-state index in [9.17, 15) is 4.79 Å². The van der Waals surface area contributed by atoms with Crippen molar-refractivity contribution in [3.8, 4) is 5.75 Å². The quantitative estimate of drug-likeness (QED) is 0.410. The van der Waals surface area contributed by atoms with Gasteiger partial charge in [-0.05, 0) is 24.1 Å². The molecule has 1 aromatic carbocycles. The highest BCUT2D eigenvalue weighted by Gasteiger charge is 1.99. The van der Waals surface area contributed by atoms with Crippen molar-refractivity contribution in [3.05, 3.63) is 29.8 Å². The van der Waals surface area contributed by atoms with Gasteiger partial charge in [-0.25, -0.2) is 0 Å². The van der Waals surface area contributed by atoms with Crippen molar-refractivity contribution in [2.75, 3.05) is 6.61 Å². The van der Waals surface area contributed by atoms with Gasteiger partial charge < -0.3 is 19.7 Å². The third-order valence-electron chi connectivity index (χ3n) is 2.09. The molecule has 1 aromatic rings. The number of hydrogen-bond donors (Lipinski definition) is 2. The molecule has 4 nitrogen and oxygen atoms in total. The predicted molar refractivity (Wildman–Crippen MR) is 59.2 cm³/mol. The monoisotopic (exact) mass is 224 g/mol. The molecular weight excluding hydrogens is 208 g/mol. The largest absolute Gasteiger partial charge is 0.494 e. The summed E-state index contributed by atoms with van der Waals surface area (Å²) in [5.74, 6) is 0.701. The smallest absolute Gasteiger partial charge is 0.151 e. The molecule has 2 N–H and O–H groups in total. The lowest BCUT2D eigenvalue weighted by molar-refractivity contribution is -0.107. The van der Waals surface area contributed by atoms with Gasteiger partial charge >= 0.3 is 0 Å². The Hall–Kier alpha value is -1.39. The standard InChI is InChI=1S/C12H16O4/c13-7-6-10-3-1-4-11(9-10)16-8-2-5-12(14)15/h1,3-4,7,9,12,14-15H,2,5-6,8H2. The molecule has 0 aliphatic heterocycles. The molecular formula is C12H16O4. The van der Waals surface area contributed by atoms with Crippen molar-refractivity contribution < 1.29 is 19.7 Å². The summed E-state index contributed by atoms with van der Waals surface area (Å²) in [6.07, 6.45) is 0.835. The fraction of sp³-hybridized carbons (Fsp3) is 0.417. The van der Waals surface area contributed by atoms with E-state index in [-0.39, 0.29) is 0 Å². The van der Waals surface area contributed by atoms with Gasteiger partial charge in [0, 0.05) is 12.8 Å². The molecule has 0 aliphatic rings. The van der Waals surface area contributed by atoms with Crippen molar-refractivity contribution in [2.45, 2.75) is 25.6 Å². The summed E-state index contributed by atoms with van der Waals surface area (Å²) < 4.78 is 5.41. The maximum absolute atomic E-state index is 10.3. The van der Waals surface area contributed by atoms with Crippen LogP contribution >= 0.6 is 0 Å². The maximum Gasteiger partial charge on any atom is 0.151 e. The molecule has 1 rings (SSSR count). The second-order valence-electron chi connectivity index (χ2n) is 3.49. The van der Waals surface area contributed by atoms with Crippen LogP contribution in [0.4, 0.5) is 0 Å². The summed E-state index contributed by atoms with van der Waals surface area (Å²) in [4.78, 5) is 10.3. The van der Waals surface area contributed by atoms with E-state index in [4.69, 9.17) is 14.9 Å². The van der Waals surface area contributed by atoms with Crippen molar-refractivity contribution in [3.63, 3.8) is 0 Å². The normalized spacial score (nSPS) is 10.4. The highest BCUT2D eigenvalue weighted by atomic mass is 16.5. The minimum absolute atomic E-state index is 0.300. The van der Waals surface area contributed by atoms with Crippen LogP contribution < -0.4 is 4.74 Å². The highest BCUT2D eigenvalue weighted by molar-refractivity contribution is 5.55. The van der Waals surface area contributed by atoms with Crippen LogP contribution in [0.25, 0.3) is 0 Å². The van der Waals surface area contributed by atoms with Gasteiger partial charge in [0.2, 0.25) is 0 Å². The van der Waals surface area contributed by atoms with Gasteiger partial charge in [0.25, 0.3) is 0 Å². The van der Waals surface area contributed by atoms with E-state index < -0.39 is 6.29 Å². The zero-order chi connectivity index (χ0) is 11.8. The molecule has 0 atom stereocenters. The Kier molecular flexibility index (Phi) is 5.53.